The quantitative estimate of drug-likeness (QED) is 0.522. The van der Waals surface area contributed by atoms with Crippen molar-refractivity contribution in [2.24, 2.45) is 0 Å². The molecule has 0 aliphatic carbocycles. The Morgan fingerprint density at radius 1 is 1.19 bits per heavy atom. The summed E-state index contributed by atoms with van der Waals surface area (Å²) in [6, 6.07) is 13.2. The van der Waals surface area contributed by atoms with Crippen LogP contribution < -0.4 is 21.9 Å². The first-order valence-electron chi connectivity index (χ1n) is 10.1. The number of H-pyrrole nitrogens is 1. The van der Waals surface area contributed by atoms with Gasteiger partial charge in [-0.3, -0.25) is 19.1 Å². The van der Waals surface area contributed by atoms with Gasteiger partial charge in [0.2, 0.25) is 0 Å². The molecule has 3 N–H and O–H groups in total. The average Bonchev–Trinajstić information content (AvgIpc) is 2.77. The Hall–Kier alpha value is -3.72. The molecule has 0 radical (unpaired) electrons. The summed E-state index contributed by atoms with van der Waals surface area (Å²) < 4.78 is 20.4. The Bertz CT molecular complexity index is 1220. The zero-order chi connectivity index (χ0) is 23.3. The molecule has 1 aromatic heterocycles. The second kappa shape index (κ2) is 10.1. The molecule has 8 nitrogen and oxygen atoms in total. The Morgan fingerprint density at radius 3 is 2.56 bits per heavy atom. The molecule has 9 heteroatoms. The van der Waals surface area contributed by atoms with E-state index in [0.29, 0.717) is 18.6 Å². The molecule has 0 bridgehead atoms. The van der Waals surface area contributed by atoms with Gasteiger partial charge in [-0.2, -0.15) is 0 Å². The van der Waals surface area contributed by atoms with Crippen LogP contribution in [-0.2, 0) is 11.3 Å². The molecule has 3 rings (SSSR count). The Balaban J connectivity index is 2.10. The lowest BCUT2D eigenvalue weighted by molar-refractivity contribution is 0.0982. The van der Waals surface area contributed by atoms with Gasteiger partial charge in [0.15, 0.2) is 5.69 Å². The number of aromatic amines is 1. The fraction of sp³-hybridized carbons (Fsp3) is 0.261. The maximum atomic E-state index is 14.1. The van der Waals surface area contributed by atoms with Crippen LogP contribution in [0.1, 0.15) is 27.9 Å². The van der Waals surface area contributed by atoms with E-state index in [1.165, 1.54) is 23.8 Å². The van der Waals surface area contributed by atoms with E-state index in [2.05, 4.69) is 4.98 Å². The number of hydrogen-bond acceptors (Lipinski definition) is 5. The third-order valence-corrected chi connectivity index (χ3v) is 5.06. The van der Waals surface area contributed by atoms with Crippen LogP contribution in [0.3, 0.4) is 0 Å². The number of halogens is 1. The van der Waals surface area contributed by atoms with Gasteiger partial charge in [-0.05, 0) is 36.6 Å². The number of hydrogen-bond donors (Lipinski definition) is 2. The fourth-order valence-corrected chi connectivity index (χ4v) is 3.32. The van der Waals surface area contributed by atoms with Crippen LogP contribution in [0.15, 0.2) is 58.1 Å². The van der Waals surface area contributed by atoms with Crippen LogP contribution in [0.25, 0.3) is 0 Å². The van der Waals surface area contributed by atoms with E-state index in [-0.39, 0.29) is 30.2 Å². The Morgan fingerprint density at radius 2 is 1.91 bits per heavy atom. The van der Waals surface area contributed by atoms with Crippen LogP contribution in [0.5, 0.6) is 0 Å². The van der Waals surface area contributed by atoms with Gasteiger partial charge in [0.05, 0.1) is 6.54 Å². The van der Waals surface area contributed by atoms with Crippen LogP contribution in [0.2, 0.25) is 0 Å². The number of nitrogen functional groups attached to an aromatic ring is 1. The largest absolute Gasteiger partial charge is 0.385 e. The number of carbonyl (C=O) groups excluding carboxylic acids is 1. The van der Waals surface area contributed by atoms with Crippen molar-refractivity contribution in [3.63, 3.8) is 0 Å². The monoisotopic (exact) mass is 440 g/mol. The number of carbonyl (C=O) groups is 1. The lowest BCUT2D eigenvalue weighted by atomic mass is 10.1. The van der Waals surface area contributed by atoms with E-state index in [4.69, 9.17) is 10.5 Å². The highest BCUT2D eigenvalue weighted by atomic mass is 19.1. The van der Waals surface area contributed by atoms with Crippen molar-refractivity contribution in [3.05, 3.63) is 91.9 Å². The second-order valence-corrected chi connectivity index (χ2v) is 7.33. The highest BCUT2D eigenvalue weighted by Crippen LogP contribution is 2.21. The van der Waals surface area contributed by atoms with E-state index in [9.17, 15) is 18.8 Å². The minimum atomic E-state index is -0.796. The third kappa shape index (κ3) is 4.94. The Labute approximate surface area is 184 Å². The van der Waals surface area contributed by atoms with Crippen molar-refractivity contribution in [2.45, 2.75) is 19.9 Å². The predicted octanol–water partition coefficient (Wildman–Crippen LogP) is 2.30. The minimum absolute atomic E-state index is 0.0603. The molecule has 32 heavy (non-hydrogen) atoms. The molecule has 2 aromatic carbocycles. The Kier molecular flexibility index (Phi) is 7.21. The van der Waals surface area contributed by atoms with E-state index in [0.717, 1.165) is 16.5 Å². The zero-order valence-corrected chi connectivity index (χ0v) is 17.9. The molecular formula is C23H25FN4O4. The van der Waals surface area contributed by atoms with Crippen molar-refractivity contribution in [1.29, 1.82) is 0 Å². The maximum Gasteiger partial charge on any atom is 0.330 e. The average molecular weight is 440 g/mol. The van der Waals surface area contributed by atoms with Crippen LogP contribution >= 0.6 is 0 Å². The van der Waals surface area contributed by atoms with Gasteiger partial charge >= 0.3 is 5.69 Å². The van der Waals surface area contributed by atoms with E-state index >= 15 is 0 Å². The van der Waals surface area contributed by atoms with E-state index in [1.54, 1.807) is 6.92 Å². The minimum Gasteiger partial charge on any atom is -0.385 e. The normalized spacial score (nSPS) is 10.8. The summed E-state index contributed by atoms with van der Waals surface area (Å²) in [5, 5.41) is 0. The molecular weight excluding hydrogens is 415 g/mol. The fourth-order valence-electron chi connectivity index (χ4n) is 3.32. The van der Waals surface area contributed by atoms with Gasteiger partial charge in [-0.1, -0.05) is 36.4 Å². The molecule has 0 unspecified atom stereocenters. The zero-order valence-electron chi connectivity index (χ0n) is 17.9. The lowest BCUT2D eigenvalue weighted by Gasteiger charge is -2.25. The predicted molar refractivity (Wildman–Crippen MR) is 121 cm³/mol. The molecule has 0 atom stereocenters. The summed E-state index contributed by atoms with van der Waals surface area (Å²) in [6.45, 7) is 2.10. The SMILES string of the molecule is COCCCN(C(=O)c1ccc(C)c(F)c1)c1c(N)n(Cc2ccccc2)c(=O)[nH]c1=O. The number of aryl methyl sites for hydroxylation is 1. The summed E-state index contributed by atoms with van der Waals surface area (Å²) in [5.41, 5.74) is 5.84. The highest BCUT2D eigenvalue weighted by Gasteiger charge is 2.25. The summed E-state index contributed by atoms with van der Waals surface area (Å²) in [4.78, 5) is 41.9. The number of ether oxygens (including phenoxy) is 1. The van der Waals surface area contributed by atoms with E-state index < -0.39 is 23.0 Å². The van der Waals surface area contributed by atoms with Crippen molar-refractivity contribution < 1.29 is 13.9 Å². The van der Waals surface area contributed by atoms with Crippen molar-refractivity contribution in [3.8, 4) is 0 Å². The molecule has 1 amide bonds. The number of amides is 1. The second-order valence-electron chi connectivity index (χ2n) is 7.33. The third-order valence-electron chi connectivity index (χ3n) is 5.06. The molecule has 0 spiro atoms. The van der Waals surface area contributed by atoms with Gasteiger partial charge < -0.3 is 15.4 Å². The summed E-state index contributed by atoms with van der Waals surface area (Å²) >= 11 is 0. The molecule has 168 valence electrons. The smallest absolute Gasteiger partial charge is 0.330 e. The number of benzene rings is 2. The maximum absolute atomic E-state index is 14.1. The summed E-state index contributed by atoms with van der Waals surface area (Å²) in [7, 11) is 1.52. The number of anilines is 2. The first-order chi connectivity index (χ1) is 15.3. The molecule has 3 aromatic rings. The number of rotatable bonds is 8. The number of aromatic nitrogens is 2. The van der Waals surface area contributed by atoms with Gasteiger partial charge in [0.1, 0.15) is 11.6 Å². The topological polar surface area (TPSA) is 110 Å². The first kappa shape index (κ1) is 23.0. The number of nitrogens with zero attached hydrogens (tertiary/aromatic N) is 2. The van der Waals surface area contributed by atoms with Gasteiger partial charge in [0, 0.05) is 25.8 Å². The molecule has 0 saturated heterocycles. The number of nitrogens with two attached hydrogens (primary N) is 1. The van der Waals surface area contributed by atoms with Gasteiger partial charge in [-0.15, -0.1) is 0 Å². The van der Waals surface area contributed by atoms with Crippen molar-refractivity contribution >= 4 is 17.4 Å². The van der Waals surface area contributed by atoms with Gasteiger partial charge in [-0.25, -0.2) is 9.18 Å². The van der Waals surface area contributed by atoms with Crippen LogP contribution in [0, 0.1) is 12.7 Å². The standard InChI is InChI=1S/C23H25FN4O4/c1-15-9-10-17(13-18(15)24)22(30)27(11-6-12-32-2)19-20(25)28(23(31)26-21(19)29)14-16-7-4-3-5-8-16/h3-5,7-10,13H,6,11-12,14,25H2,1-2H3,(H,26,29,31). The molecule has 0 aliphatic rings. The number of nitrogens with one attached hydrogen (secondary N) is 1. The van der Waals surface area contributed by atoms with Crippen molar-refractivity contribution in [2.75, 3.05) is 30.9 Å². The molecule has 0 fully saturated rings. The molecule has 0 saturated carbocycles. The van der Waals surface area contributed by atoms with Crippen LogP contribution in [0.4, 0.5) is 15.9 Å². The van der Waals surface area contributed by atoms with Crippen LogP contribution in [-0.4, -0.2) is 35.7 Å². The lowest BCUT2D eigenvalue weighted by Crippen LogP contribution is -2.42. The summed E-state index contributed by atoms with van der Waals surface area (Å²) in [5.74, 6) is -1.30. The number of methoxy groups -OCH3 is 1. The highest BCUT2D eigenvalue weighted by molar-refractivity contribution is 6.07. The molecule has 1 heterocycles. The molecule has 0 aliphatic heterocycles. The van der Waals surface area contributed by atoms with Crippen molar-refractivity contribution in [1.82, 2.24) is 9.55 Å². The summed E-state index contributed by atoms with van der Waals surface area (Å²) in [6.07, 6.45) is 0.396. The first-order valence-corrected chi connectivity index (χ1v) is 10.1. The van der Waals surface area contributed by atoms with Gasteiger partial charge in [0.25, 0.3) is 11.5 Å². The van der Waals surface area contributed by atoms with E-state index in [1.807, 2.05) is 30.3 Å².